The van der Waals surface area contributed by atoms with E-state index in [0.717, 1.165) is 28.3 Å². The molecule has 0 aliphatic carbocycles. The Balaban J connectivity index is 3.40. The first-order valence-corrected chi connectivity index (χ1v) is 8.97. The third kappa shape index (κ3) is 7.43. The first-order valence-electron chi connectivity index (χ1n) is 8.97. The van der Waals surface area contributed by atoms with Crippen LogP contribution in [0.2, 0.25) is 0 Å². The van der Waals surface area contributed by atoms with Gasteiger partial charge in [-0.05, 0) is 43.9 Å². The summed E-state index contributed by atoms with van der Waals surface area (Å²) in [7, 11) is 0. The summed E-state index contributed by atoms with van der Waals surface area (Å²) in [6.07, 6.45) is 13.8. The van der Waals surface area contributed by atoms with E-state index in [2.05, 4.69) is 62.7 Å². The van der Waals surface area contributed by atoms with Gasteiger partial charge in [0, 0.05) is 11.9 Å². The van der Waals surface area contributed by atoms with Crippen molar-refractivity contribution in [2.45, 2.75) is 34.6 Å². The van der Waals surface area contributed by atoms with Crippen molar-refractivity contribution in [1.82, 2.24) is 0 Å². The van der Waals surface area contributed by atoms with E-state index in [-0.39, 0.29) is 0 Å². The van der Waals surface area contributed by atoms with Gasteiger partial charge in [0.15, 0.2) is 0 Å². The van der Waals surface area contributed by atoms with E-state index < -0.39 is 0 Å². The molecule has 2 heteroatoms. The van der Waals surface area contributed by atoms with Crippen LogP contribution >= 0.6 is 0 Å². The standard InChI is InChI=1S/C24H30N2/c1-7-14-23(25-8-2)24(20(5)16-13-12-15-19(3)4)26-21(6)22-17-10-9-11-18-22/h7-19H,2H2,1,3-6H3/b14-7-,15-12-,16-13-,24-20+,25-23+,26-21+. The van der Waals surface area contributed by atoms with Crippen LogP contribution in [0.3, 0.4) is 0 Å². The van der Waals surface area contributed by atoms with Gasteiger partial charge >= 0.3 is 0 Å². The number of nitrogens with zero attached hydrogens (tertiary/aromatic N) is 2. The zero-order valence-corrected chi connectivity index (χ0v) is 16.6. The predicted octanol–water partition coefficient (Wildman–Crippen LogP) is 6.70. The minimum Gasteiger partial charge on any atom is -0.255 e. The maximum atomic E-state index is 4.89. The topological polar surface area (TPSA) is 24.7 Å². The Morgan fingerprint density at radius 1 is 1.04 bits per heavy atom. The van der Waals surface area contributed by atoms with Crippen LogP contribution in [0.4, 0.5) is 0 Å². The van der Waals surface area contributed by atoms with Crippen LogP contribution in [-0.2, 0) is 0 Å². The van der Waals surface area contributed by atoms with E-state index in [0.29, 0.717) is 5.92 Å². The summed E-state index contributed by atoms with van der Waals surface area (Å²) in [5, 5.41) is 0. The van der Waals surface area contributed by atoms with E-state index in [1.165, 1.54) is 0 Å². The Labute approximate surface area is 158 Å². The molecular weight excluding hydrogens is 316 g/mol. The van der Waals surface area contributed by atoms with Crippen molar-refractivity contribution in [2.75, 3.05) is 0 Å². The molecule has 136 valence electrons. The van der Waals surface area contributed by atoms with Crippen LogP contribution in [0.1, 0.15) is 40.2 Å². The fourth-order valence-corrected chi connectivity index (χ4v) is 2.26. The van der Waals surface area contributed by atoms with Crippen LogP contribution in [0.15, 0.2) is 101 Å². The Bertz CT molecular complexity index is 755. The maximum absolute atomic E-state index is 4.89. The van der Waals surface area contributed by atoms with E-state index in [1.807, 2.05) is 50.3 Å². The number of hydrogen-bond acceptors (Lipinski definition) is 2. The Morgan fingerprint density at radius 3 is 2.31 bits per heavy atom. The third-order valence-corrected chi connectivity index (χ3v) is 3.60. The molecule has 1 aromatic rings. The average molecular weight is 347 g/mol. The highest BCUT2D eigenvalue weighted by Crippen LogP contribution is 2.15. The van der Waals surface area contributed by atoms with Gasteiger partial charge in [0.2, 0.25) is 0 Å². The first-order chi connectivity index (χ1) is 12.5. The molecule has 0 fully saturated rings. The van der Waals surface area contributed by atoms with Crippen LogP contribution in [-0.4, -0.2) is 11.4 Å². The number of rotatable bonds is 8. The fourth-order valence-electron chi connectivity index (χ4n) is 2.26. The number of benzene rings is 1. The first kappa shape index (κ1) is 21.3. The maximum Gasteiger partial charge on any atom is 0.0918 e. The molecule has 0 atom stereocenters. The van der Waals surface area contributed by atoms with E-state index in [1.54, 1.807) is 6.20 Å². The van der Waals surface area contributed by atoms with Crippen molar-refractivity contribution in [1.29, 1.82) is 0 Å². The van der Waals surface area contributed by atoms with E-state index in [9.17, 15) is 0 Å². The van der Waals surface area contributed by atoms with Gasteiger partial charge in [0.1, 0.15) is 0 Å². The molecule has 26 heavy (non-hydrogen) atoms. The molecule has 0 amide bonds. The molecule has 2 nitrogen and oxygen atoms in total. The molecule has 0 N–H and O–H groups in total. The smallest absolute Gasteiger partial charge is 0.0918 e. The Kier molecular flexibility index (Phi) is 9.63. The summed E-state index contributed by atoms with van der Waals surface area (Å²) in [5.74, 6) is 0.530. The zero-order valence-electron chi connectivity index (χ0n) is 16.6. The Hall–Kier alpha value is -2.74. The minimum atomic E-state index is 0.530. The SMILES string of the molecule is C=C/N=C(\C=C/C)C(/N=C(\C)c1ccccc1)=C(C)\C=C/C=C\C(C)C. The Morgan fingerprint density at radius 2 is 1.73 bits per heavy atom. The molecule has 0 aliphatic rings. The molecule has 0 unspecified atom stereocenters. The van der Waals surface area contributed by atoms with Gasteiger partial charge < -0.3 is 0 Å². The fraction of sp³-hybridized carbons (Fsp3) is 0.250. The molecule has 0 bridgehead atoms. The molecule has 0 spiro atoms. The van der Waals surface area contributed by atoms with Gasteiger partial charge in [-0.25, -0.2) is 0 Å². The van der Waals surface area contributed by atoms with Crippen molar-refractivity contribution in [3.05, 3.63) is 96.4 Å². The minimum absolute atomic E-state index is 0.530. The van der Waals surface area contributed by atoms with Gasteiger partial charge in [0.25, 0.3) is 0 Å². The highest BCUT2D eigenvalue weighted by molar-refractivity contribution is 6.12. The molecular formula is C24H30N2. The third-order valence-electron chi connectivity index (χ3n) is 3.60. The molecule has 0 heterocycles. The second kappa shape index (κ2) is 11.8. The highest BCUT2D eigenvalue weighted by atomic mass is 14.8. The number of aliphatic imine (C=N–C) groups is 2. The van der Waals surface area contributed by atoms with Crippen molar-refractivity contribution >= 4 is 11.4 Å². The molecule has 0 radical (unpaired) electrons. The molecule has 0 saturated carbocycles. The van der Waals surface area contributed by atoms with Gasteiger partial charge in [-0.1, -0.05) is 81.1 Å². The van der Waals surface area contributed by atoms with Crippen LogP contribution in [0, 0.1) is 5.92 Å². The van der Waals surface area contributed by atoms with Gasteiger partial charge in [-0.15, -0.1) is 0 Å². The zero-order chi connectivity index (χ0) is 19.4. The normalized spacial score (nSPS) is 14.7. The number of allylic oxidation sites excluding steroid dienone is 7. The van der Waals surface area contributed by atoms with E-state index in [4.69, 9.17) is 4.99 Å². The quantitative estimate of drug-likeness (QED) is 0.369. The van der Waals surface area contributed by atoms with Crippen molar-refractivity contribution in [3.63, 3.8) is 0 Å². The molecule has 0 saturated heterocycles. The van der Waals surface area contributed by atoms with Crippen LogP contribution in [0.25, 0.3) is 0 Å². The summed E-state index contributed by atoms with van der Waals surface area (Å²) in [4.78, 5) is 9.30. The lowest BCUT2D eigenvalue weighted by Gasteiger charge is -2.08. The molecule has 0 aliphatic heterocycles. The lowest BCUT2D eigenvalue weighted by atomic mass is 10.1. The van der Waals surface area contributed by atoms with Crippen molar-refractivity contribution < 1.29 is 0 Å². The summed E-state index contributed by atoms with van der Waals surface area (Å²) in [5.41, 5.74) is 4.74. The molecule has 1 aromatic carbocycles. The molecule has 0 aromatic heterocycles. The van der Waals surface area contributed by atoms with Crippen LogP contribution < -0.4 is 0 Å². The number of hydrogen-bond donors (Lipinski definition) is 0. The summed E-state index contributed by atoms with van der Waals surface area (Å²) in [6.45, 7) is 14.1. The lowest BCUT2D eigenvalue weighted by molar-refractivity contribution is 0.832. The summed E-state index contributed by atoms with van der Waals surface area (Å²) >= 11 is 0. The average Bonchev–Trinajstić information content (AvgIpc) is 2.63. The lowest BCUT2D eigenvalue weighted by Crippen LogP contribution is -2.04. The van der Waals surface area contributed by atoms with Gasteiger partial charge in [-0.2, -0.15) is 0 Å². The molecule has 1 rings (SSSR count). The second-order valence-electron chi connectivity index (χ2n) is 6.28. The summed E-state index contributed by atoms with van der Waals surface area (Å²) < 4.78 is 0. The van der Waals surface area contributed by atoms with Gasteiger partial charge in [0.05, 0.1) is 11.4 Å². The van der Waals surface area contributed by atoms with Gasteiger partial charge in [-0.3, -0.25) is 9.98 Å². The largest absolute Gasteiger partial charge is 0.255 e. The summed E-state index contributed by atoms with van der Waals surface area (Å²) in [6, 6.07) is 10.2. The predicted molar refractivity (Wildman–Crippen MR) is 117 cm³/mol. The van der Waals surface area contributed by atoms with E-state index >= 15 is 0 Å². The van der Waals surface area contributed by atoms with Crippen molar-refractivity contribution in [2.24, 2.45) is 15.9 Å². The highest BCUT2D eigenvalue weighted by Gasteiger charge is 2.07. The second-order valence-corrected chi connectivity index (χ2v) is 6.28. The van der Waals surface area contributed by atoms with Crippen LogP contribution in [0.5, 0.6) is 0 Å². The van der Waals surface area contributed by atoms with Crippen molar-refractivity contribution in [3.8, 4) is 0 Å². The monoisotopic (exact) mass is 346 g/mol.